The summed E-state index contributed by atoms with van der Waals surface area (Å²) in [5, 5.41) is 8.30. The predicted molar refractivity (Wildman–Crippen MR) is 90.4 cm³/mol. The zero-order valence-electron chi connectivity index (χ0n) is 12.6. The molecule has 0 unspecified atom stereocenters. The van der Waals surface area contributed by atoms with Crippen LogP contribution < -0.4 is 0 Å². The third kappa shape index (κ3) is 2.34. The molecule has 24 heavy (non-hydrogen) atoms. The normalized spacial score (nSPS) is 13.0. The lowest BCUT2D eigenvalue weighted by Gasteiger charge is -2.17. The van der Waals surface area contributed by atoms with Crippen LogP contribution in [0.1, 0.15) is 31.8 Å². The number of benzene rings is 3. The van der Waals surface area contributed by atoms with Crippen LogP contribution in [0, 0.1) is 0 Å². The van der Waals surface area contributed by atoms with Crippen molar-refractivity contribution in [2.24, 2.45) is 10.2 Å². The fourth-order valence-corrected chi connectivity index (χ4v) is 2.76. The van der Waals surface area contributed by atoms with Gasteiger partial charge in [-0.1, -0.05) is 42.5 Å². The summed E-state index contributed by atoms with van der Waals surface area (Å²) in [4.78, 5) is 25.2. The van der Waals surface area contributed by atoms with Crippen LogP contribution in [0.25, 0.3) is 0 Å². The molecule has 4 heteroatoms. The minimum atomic E-state index is -0.156. The van der Waals surface area contributed by atoms with Gasteiger partial charge in [-0.05, 0) is 30.3 Å². The number of carbonyl (C=O) groups is 2. The zero-order chi connectivity index (χ0) is 16.5. The third-order valence-electron chi connectivity index (χ3n) is 3.95. The van der Waals surface area contributed by atoms with E-state index in [0.717, 1.165) is 5.69 Å². The fourth-order valence-electron chi connectivity index (χ4n) is 2.76. The first-order chi connectivity index (χ1) is 11.7. The highest BCUT2D eigenvalue weighted by molar-refractivity contribution is 6.28. The van der Waals surface area contributed by atoms with Crippen molar-refractivity contribution in [2.75, 3.05) is 0 Å². The van der Waals surface area contributed by atoms with Crippen LogP contribution in [0.5, 0.6) is 0 Å². The summed E-state index contributed by atoms with van der Waals surface area (Å²) in [7, 11) is 0. The molecule has 4 nitrogen and oxygen atoms in total. The molecule has 1 aliphatic rings. The van der Waals surface area contributed by atoms with Crippen molar-refractivity contribution in [3.05, 3.63) is 95.1 Å². The molecular formula is C20H12N2O2. The molecule has 0 N–H and O–H groups in total. The van der Waals surface area contributed by atoms with E-state index in [1.54, 1.807) is 42.5 Å². The number of hydrogen-bond donors (Lipinski definition) is 0. The van der Waals surface area contributed by atoms with E-state index in [1.165, 1.54) is 0 Å². The van der Waals surface area contributed by atoms with Gasteiger partial charge in [0, 0.05) is 22.3 Å². The van der Waals surface area contributed by atoms with Crippen molar-refractivity contribution in [1.82, 2.24) is 0 Å². The monoisotopic (exact) mass is 312 g/mol. The van der Waals surface area contributed by atoms with Gasteiger partial charge in [-0.3, -0.25) is 9.59 Å². The summed E-state index contributed by atoms with van der Waals surface area (Å²) in [6.45, 7) is 0. The first kappa shape index (κ1) is 14.2. The maximum atomic E-state index is 12.7. The maximum Gasteiger partial charge on any atom is 0.194 e. The van der Waals surface area contributed by atoms with Crippen LogP contribution in [-0.2, 0) is 0 Å². The minimum absolute atomic E-state index is 0.133. The van der Waals surface area contributed by atoms with E-state index in [9.17, 15) is 9.59 Å². The van der Waals surface area contributed by atoms with Crippen molar-refractivity contribution in [1.29, 1.82) is 0 Å². The van der Waals surface area contributed by atoms with E-state index in [2.05, 4.69) is 10.2 Å². The summed E-state index contributed by atoms with van der Waals surface area (Å²) in [5.74, 6) is -0.288. The summed E-state index contributed by atoms with van der Waals surface area (Å²) >= 11 is 0. The predicted octanol–water partition coefficient (Wildman–Crippen LogP) is 4.88. The largest absolute Gasteiger partial charge is 0.289 e. The van der Waals surface area contributed by atoms with Crippen LogP contribution in [0.3, 0.4) is 0 Å². The Labute approximate surface area is 138 Å². The number of ketones is 2. The molecule has 0 radical (unpaired) electrons. The van der Waals surface area contributed by atoms with E-state index in [1.807, 2.05) is 30.3 Å². The number of azo groups is 1. The van der Waals surface area contributed by atoms with Crippen molar-refractivity contribution >= 4 is 22.9 Å². The quantitative estimate of drug-likeness (QED) is 0.495. The van der Waals surface area contributed by atoms with Gasteiger partial charge in [0.2, 0.25) is 0 Å². The molecule has 0 aliphatic heterocycles. The number of hydrogen-bond acceptors (Lipinski definition) is 4. The van der Waals surface area contributed by atoms with Crippen LogP contribution in [0.4, 0.5) is 11.4 Å². The van der Waals surface area contributed by atoms with Crippen molar-refractivity contribution in [3.63, 3.8) is 0 Å². The number of carbonyl (C=O) groups excluding carboxylic acids is 2. The van der Waals surface area contributed by atoms with Gasteiger partial charge in [0.1, 0.15) is 0 Å². The fraction of sp³-hybridized carbons (Fsp3) is 0. The Bertz CT molecular complexity index is 992. The average molecular weight is 312 g/mol. The van der Waals surface area contributed by atoms with E-state index in [-0.39, 0.29) is 11.6 Å². The Hall–Kier alpha value is -3.40. The highest BCUT2D eigenvalue weighted by Crippen LogP contribution is 2.30. The summed E-state index contributed by atoms with van der Waals surface area (Å²) < 4.78 is 0. The summed E-state index contributed by atoms with van der Waals surface area (Å²) in [6.07, 6.45) is 0. The van der Waals surface area contributed by atoms with Gasteiger partial charge in [-0.25, -0.2) is 0 Å². The molecule has 0 heterocycles. The lowest BCUT2D eigenvalue weighted by atomic mass is 9.84. The van der Waals surface area contributed by atoms with Crippen molar-refractivity contribution < 1.29 is 9.59 Å². The second kappa shape index (κ2) is 5.66. The van der Waals surface area contributed by atoms with E-state index >= 15 is 0 Å². The lowest BCUT2D eigenvalue weighted by molar-refractivity contribution is 0.0979. The first-order valence-corrected chi connectivity index (χ1v) is 7.53. The molecule has 0 saturated carbocycles. The Kier molecular flexibility index (Phi) is 3.35. The van der Waals surface area contributed by atoms with Crippen molar-refractivity contribution in [3.8, 4) is 0 Å². The minimum Gasteiger partial charge on any atom is -0.289 e. The summed E-state index contributed by atoms with van der Waals surface area (Å²) in [6, 6.07) is 21.2. The van der Waals surface area contributed by atoms with Gasteiger partial charge in [-0.15, -0.1) is 0 Å². The van der Waals surface area contributed by atoms with Gasteiger partial charge in [0.15, 0.2) is 11.6 Å². The lowest BCUT2D eigenvalue weighted by Crippen LogP contribution is -2.20. The van der Waals surface area contributed by atoms with Crippen LogP contribution in [-0.4, -0.2) is 11.6 Å². The van der Waals surface area contributed by atoms with Crippen molar-refractivity contribution in [2.45, 2.75) is 0 Å². The van der Waals surface area contributed by atoms with Gasteiger partial charge in [0.05, 0.1) is 11.4 Å². The van der Waals surface area contributed by atoms with E-state index in [0.29, 0.717) is 27.9 Å². The summed E-state index contributed by atoms with van der Waals surface area (Å²) in [5.41, 5.74) is 2.95. The highest BCUT2D eigenvalue weighted by atomic mass is 16.1. The van der Waals surface area contributed by atoms with Gasteiger partial charge in [0.25, 0.3) is 0 Å². The average Bonchev–Trinajstić information content (AvgIpc) is 2.65. The molecule has 3 aromatic rings. The molecule has 114 valence electrons. The Balaban J connectivity index is 1.75. The van der Waals surface area contributed by atoms with Crippen LogP contribution in [0.2, 0.25) is 0 Å². The second-order valence-corrected chi connectivity index (χ2v) is 5.47. The molecular weight excluding hydrogens is 300 g/mol. The zero-order valence-corrected chi connectivity index (χ0v) is 12.6. The Morgan fingerprint density at radius 3 is 1.75 bits per heavy atom. The topological polar surface area (TPSA) is 58.9 Å². The molecule has 0 amide bonds. The Morgan fingerprint density at radius 2 is 1.04 bits per heavy atom. The number of fused-ring (bicyclic) bond motifs is 2. The smallest absolute Gasteiger partial charge is 0.194 e. The molecule has 0 bridgehead atoms. The third-order valence-corrected chi connectivity index (χ3v) is 3.95. The highest BCUT2D eigenvalue weighted by Gasteiger charge is 2.29. The van der Waals surface area contributed by atoms with Gasteiger partial charge >= 0.3 is 0 Å². The molecule has 4 rings (SSSR count). The first-order valence-electron chi connectivity index (χ1n) is 7.53. The van der Waals surface area contributed by atoms with E-state index in [4.69, 9.17) is 0 Å². The molecule has 0 aromatic heterocycles. The maximum absolute atomic E-state index is 12.7. The second-order valence-electron chi connectivity index (χ2n) is 5.47. The Morgan fingerprint density at radius 1 is 0.500 bits per heavy atom. The number of rotatable bonds is 2. The molecule has 0 saturated heterocycles. The van der Waals surface area contributed by atoms with Gasteiger partial charge < -0.3 is 0 Å². The van der Waals surface area contributed by atoms with Crippen LogP contribution >= 0.6 is 0 Å². The standard InChI is InChI=1S/C20H12N2O2/c23-19-15-8-4-5-9-16(15)20(24)18-12-14(10-11-17(18)19)22-21-13-6-2-1-3-7-13/h1-12H/b22-21+. The molecule has 0 spiro atoms. The van der Waals surface area contributed by atoms with E-state index < -0.39 is 0 Å². The molecule has 0 fully saturated rings. The van der Waals surface area contributed by atoms with Crippen LogP contribution in [0.15, 0.2) is 83.0 Å². The SMILES string of the molecule is O=C1c2ccccc2C(=O)c2cc(/N=N/c3ccccc3)ccc21. The molecule has 1 aliphatic carbocycles. The number of nitrogens with zero attached hydrogens (tertiary/aromatic N) is 2. The molecule has 3 aromatic carbocycles. The molecule has 0 atom stereocenters. The van der Waals surface area contributed by atoms with Gasteiger partial charge in [-0.2, -0.15) is 10.2 Å².